The van der Waals surface area contributed by atoms with Crippen LogP contribution in [-0.2, 0) is 4.74 Å². The highest BCUT2D eigenvalue weighted by molar-refractivity contribution is 5.89. The number of carbonyl (C=O) groups is 1. The van der Waals surface area contributed by atoms with Crippen LogP contribution in [0.4, 0.5) is 10.5 Å². The Bertz CT molecular complexity index is 410. The van der Waals surface area contributed by atoms with Crippen LogP contribution in [0.5, 0.6) is 0 Å². The lowest BCUT2D eigenvalue weighted by Crippen LogP contribution is -2.30. The molecule has 0 saturated heterocycles. The van der Waals surface area contributed by atoms with Gasteiger partial charge >= 0.3 is 6.03 Å². The molecule has 0 aliphatic heterocycles. The smallest absolute Gasteiger partial charge is 0.319 e. The average molecular weight is 278 g/mol. The van der Waals surface area contributed by atoms with Crippen molar-refractivity contribution in [1.82, 2.24) is 5.32 Å². The second kappa shape index (κ2) is 8.59. The molecule has 0 fully saturated rings. The molecule has 0 aliphatic rings. The van der Waals surface area contributed by atoms with Crippen LogP contribution >= 0.6 is 0 Å². The first-order chi connectivity index (χ1) is 9.47. The van der Waals surface area contributed by atoms with Crippen molar-refractivity contribution in [3.05, 3.63) is 29.3 Å². The summed E-state index contributed by atoms with van der Waals surface area (Å²) in [4.78, 5) is 11.7. The van der Waals surface area contributed by atoms with Crippen LogP contribution in [0.25, 0.3) is 0 Å². The van der Waals surface area contributed by atoms with E-state index < -0.39 is 0 Å². The summed E-state index contributed by atoms with van der Waals surface area (Å²) in [6.07, 6.45) is 0.826. The van der Waals surface area contributed by atoms with Crippen molar-refractivity contribution in [3.63, 3.8) is 0 Å². The van der Waals surface area contributed by atoms with Crippen LogP contribution < -0.4 is 10.6 Å². The summed E-state index contributed by atoms with van der Waals surface area (Å²) in [6.45, 7) is 10.3. The van der Waals surface area contributed by atoms with E-state index in [2.05, 4.69) is 30.5 Å². The van der Waals surface area contributed by atoms with Gasteiger partial charge < -0.3 is 15.4 Å². The minimum absolute atomic E-state index is 0.168. The second-order valence-corrected chi connectivity index (χ2v) is 5.58. The lowest BCUT2D eigenvalue weighted by molar-refractivity contribution is 0.108. The fourth-order valence-electron chi connectivity index (χ4n) is 1.92. The molecule has 20 heavy (non-hydrogen) atoms. The molecule has 4 heteroatoms. The third-order valence-corrected chi connectivity index (χ3v) is 2.68. The lowest BCUT2D eigenvalue weighted by Gasteiger charge is -2.10. The monoisotopic (exact) mass is 278 g/mol. The van der Waals surface area contributed by atoms with Crippen molar-refractivity contribution in [2.75, 3.05) is 25.1 Å². The highest BCUT2D eigenvalue weighted by atomic mass is 16.5. The average Bonchev–Trinajstić information content (AvgIpc) is 2.31. The normalized spacial score (nSPS) is 10.7. The first kappa shape index (κ1) is 16.5. The van der Waals surface area contributed by atoms with Crippen LogP contribution in [-0.4, -0.2) is 25.8 Å². The summed E-state index contributed by atoms with van der Waals surface area (Å²) in [5.74, 6) is 0.552. The van der Waals surface area contributed by atoms with Gasteiger partial charge in [-0.15, -0.1) is 0 Å². The molecule has 0 unspecified atom stereocenters. The Morgan fingerprint density at radius 2 is 1.85 bits per heavy atom. The summed E-state index contributed by atoms with van der Waals surface area (Å²) >= 11 is 0. The van der Waals surface area contributed by atoms with Gasteiger partial charge in [-0.25, -0.2) is 4.79 Å². The molecule has 1 rings (SSSR count). The third-order valence-electron chi connectivity index (χ3n) is 2.68. The van der Waals surface area contributed by atoms with Crippen molar-refractivity contribution < 1.29 is 9.53 Å². The molecule has 0 aromatic heterocycles. The summed E-state index contributed by atoms with van der Waals surface area (Å²) in [5.41, 5.74) is 3.11. The van der Waals surface area contributed by atoms with E-state index in [9.17, 15) is 4.79 Å². The topological polar surface area (TPSA) is 50.4 Å². The predicted molar refractivity (Wildman–Crippen MR) is 83.2 cm³/mol. The first-order valence-corrected chi connectivity index (χ1v) is 7.18. The standard InChI is InChI=1S/C16H26N2O2/c1-12(2)11-20-7-5-6-17-16(19)18-15-9-13(3)8-14(4)10-15/h8-10,12H,5-7,11H2,1-4H3,(H2,17,18,19). The Labute approximate surface area is 121 Å². The van der Waals surface area contributed by atoms with Crippen LogP contribution in [0.2, 0.25) is 0 Å². The SMILES string of the molecule is Cc1cc(C)cc(NC(=O)NCCCOCC(C)C)c1. The molecule has 1 aromatic rings. The van der Waals surface area contributed by atoms with Crippen molar-refractivity contribution in [2.24, 2.45) is 5.92 Å². The predicted octanol–water partition coefficient (Wildman–Crippen LogP) is 3.49. The second-order valence-electron chi connectivity index (χ2n) is 5.58. The first-order valence-electron chi connectivity index (χ1n) is 7.18. The summed E-state index contributed by atoms with van der Waals surface area (Å²) in [6, 6.07) is 5.82. The van der Waals surface area contributed by atoms with E-state index in [1.54, 1.807) is 0 Å². The van der Waals surface area contributed by atoms with Gasteiger partial charge in [-0.1, -0.05) is 19.9 Å². The number of nitrogens with one attached hydrogen (secondary N) is 2. The quantitative estimate of drug-likeness (QED) is 0.750. The van der Waals surface area contributed by atoms with Crippen molar-refractivity contribution in [1.29, 1.82) is 0 Å². The van der Waals surface area contributed by atoms with Crippen LogP contribution in [0, 0.1) is 19.8 Å². The maximum absolute atomic E-state index is 11.7. The zero-order chi connectivity index (χ0) is 15.0. The van der Waals surface area contributed by atoms with E-state index in [0.717, 1.165) is 29.8 Å². The molecular weight excluding hydrogens is 252 g/mol. The number of amides is 2. The lowest BCUT2D eigenvalue weighted by atomic mass is 10.1. The van der Waals surface area contributed by atoms with Gasteiger partial charge in [0.25, 0.3) is 0 Å². The van der Waals surface area contributed by atoms with E-state index in [0.29, 0.717) is 19.1 Å². The Hall–Kier alpha value is -1.55. The van der Waals surface area contributed by atoms with E-state index in [4.69, 9.17) is 4.74 Å². The van der Waals surface area contributed by atoms with Crippen LogP contribution in [0.15, 0.2) is 18.2 Å². The van der Waals surface area contributed by atoms with E-state index in [1.807, 2.05) is 26.0 Å². The Balaban J connectivity index is 2.20. The largest absolute Gasteiger partial charge is 0.381 e. The molecule has 112 valence electrons. The maximum Gasteiger partial charge on any atom is 0.319 e. The highest BCUT2D eigenvalue weighted by Gasteiger charge is 2.02. The zero-order valence-corrected chi connectivity index (χ0v) is 13.0. The van der Waals surface area contributed by atoms with Gasteiger partial charge in [0.15, 0.2) is 0 Å². The van der Waals surface area contributed by atoms with Crippen molar-refractivity contribution >= 4 is 11.7 Å². The molecule has 1 aromatic carbocycles. The molecular formula is C16H26N2O2. The Kier molecular flexibility index (Phi) is 7.09. The molecule has 0 heterocycles. The number of hydrogen-bond donors (Lipinski definition) is 2. The molecule has 0 bridgehead atoms. The summed E-state index contributed by atoms with van der Waals surface area (Å²) < 4.78 is 5.45. The molecule has 0 aliphatic carbocycles. The number of carbonyl (C=O) groups excluding carboxylic acids is 1. The Morgan fingerprint density at radius 3 is 2.45 bits per heavy atom. The van der Waals surface area contributed by atoms with Crippen molar-refractivity contribution in [2.45, 2.75) is 34.1 Å². The van der Waals surface area contributed by atoms with E-state index in [1.165, 1.54) is 0 Å². The van der Waals surface area contributed by atoms with Crippen LogP contribution in [0.1, 0.15) is 31.4 Å². The fourth-order valence-corrected chi connectivity index (χ4v) is 1.92. The fraction of sp³-hybridized carbons (Fsp3) is 0.562. The number of urea groups is 1. The summed E-state index contributed by atoms with van der Waals surface area (Å²) in [7, 11) is 0. The minimum Gasteiger partial charge on any atom is -0.381 e. The maximum atomic E-state index is 11.7. The molecule has 0 spiro atoms. The molecule has 2 amide bonds. The van der Waals surface area contributed by atoms with Gasteiger partial charge in [-0.3, -0.25) is 0 Å². The molecule has 0 atom stereocenters. The number of rotatable bonds is 7. The van der Waals surface area contributed by atoms with Crippen LogP contribution in [0.3, 0.4) is 0 Å². The third kappa shape index (κ3) is 7.14. The minimum atomic E-state index is -0.168. The Morgan fingerprint density at radius 1 is 1.20 bits per heavy atom. The van der Waals surface area contributed by atoms with Gasteiger partial charge in [0.05, 0.1) is 0 Å². The zero-order valence-electron chi connectivity index (χ0n) is 13.0. The van der Waals surface area contributed by atoms with Gasteiger partial charge in [-0.05, 0) is 49.4 Å². The van der Waals surface area contributed by atoms with E-state index >= 15 is 0 Å². The van der Waals surface area contributed by atoms with Gasteiger partial charge in [0, 0.05) is 25.4 Å². The van der Waals surface area contributed by atoms with Gasteiger partial charge in [0.1, 0.15) is 0 Å². The molecule has 0 saturated carbocycles. The van der Waals surface area contributed by atoms with Gasteiger partial charge in [0.2, 0.25) is 0 Å². The van der Waals surface area contributed by atoms with Gasteiger partial charge in [-0.2, -0.15) is 0 Å². The number of hydrogen-bond acceptors (Lipinski definition) is 2. The number of aryl methyl sites for hydroxylation is 2. The van der Waals surface area contributed by atoms with E-state index in [-0.39, 0.29) is 6.03 Å². The molecule has 4 nitrogen and oxygen atoms in total. The number of anilines is 1. The highest BCUT2D eigenvalue weighted by Crippen LogP contribution is 2.13. The number of benzene rings is 1. The summed E-state index contributed by atoms with van der Waals surface area (Å²) in [5, 5.41) is 5.67. The molecule has 0 radical (unpaired) electrons. The number of ether oxygens (including phenoxy) is 1. The van der Waals surface area contributed by atoms with Crippen molar-refractivity contribution in [3.8, 4) is 0 Å². The molecule has 2 N–H and O–H groups in total.